The average Bonchev–Trinajstić information content (AvgIpc) is 2.61. The summed E-state index contributed by atoms with van der Waals surface area (Å²) in [5.74, 6) is 0. The standard InChI is InChI=1S/C13H11BrCl2S/c1-7-5-10(8(2)17-7)13(14)9-3-4-11(15)12(16)6-9/h3-6,13H,1-2H3. The molecule has 0 saturated heterocycles. The Balaban J connectivity index is 2.40. The summed E-state index contributed by atoms with van der Waals surface area (Å²) in [7, 11) is 0. The highest BCUT2D eigenvalue weighted by atomic mass is 79.9. The van der Waals surface area contributed by atoms with Gasteiger partial charge in [0.2, 0.25) is 0 Å². The van der Waals surface area contributed by atoms with Gasteiger partial charge in [-0.15, -0.1) is 11.3 Å². The normalized spacial score (nSPS) is 12.8. The average molecular weight is 350 g/mol. The minimum absolute atomic E-state index is 0.169. The van der Waals surface area contributed by atoms with Crippen molar-refractivity contribution in [1.82, 2.24) is 0 Å². The number of hydrogen-bond acceptors (Lipinski definition) is 1. The van der Waals surface area contributed by atoms with Crippen LogP contribution in [0, 0.1) is 13.8 Å². The Hall–Kier alpha value is -0.0200. The van der Waals surface area contributed by atoms with E-state index in [1.807, 2.05) is 29.5 Å². The topological polar surface area (TPSA) is 0 Å². The van der Waals surface area contributed by atoms with Crippen LogP contribution in [-0.2, 0) is 0 Å². The Morgan fingerprint density at radius 2 is 1.82 bits per heavy atom. The van der Waals surface area contributed by atoms with E-state index in [2.05, 4.69) is 35.8 Å². The van der Waals surface area contributed by atoms with Crippen LogP contribution < -0.4 is 0 Å². The van der Waals surface area contributed by atoms with E-state index in [1.54, 1.807) is 0 Å². The monoisotopic (exact) mass is 348 g/mol. The van der Waals surface area contributed by atoms with Crippen molar-refractivity contribution in [2.75, 3.05) is 0 Å². The summed E-state index contributed by atoms with van der Waals surface area (Å²) in [4.78, 5) is 2.82. The molecule has 1 aromatic heterocycles. The zero-order chi connectivity index (χ0) is 12.6. The Kier molecular flexibility index (Phi) is 4.19. The van der Waals surface area contributed by atoms with Gasteiger partial charge in [-0.05, 0) is 43.2 Å². The van der Waals surface area contributed by atoms with Gasteiger partial charge >= 0.3 is 0 Å². The second-order valence-electron chi connectivity index (χ2n) is 3.90. The van der Waals surface area contributed by atoms with Crippen molar-refractivity contribution in [1.29, 1.82) is 0 Å². The lowest BCUT2D eigenvalue weighted by atomic mass is 10.1. The fourth-order valence-electron chi connectivity index (χ4n) is 1.75. The first kappa shape index (κ1) is 13.4. The first-order valence-electron chi connectivity index (χ1n) is 5.15. The first-order valence-corrected chi connectivity index (χ1v) is 7.64. The molecule has 0 aliphatic heterocycles. The second-order valence-corrected chi connectivity index (χ2v) is 7.10. The largest absolute Gasteiger partial charge is 0.146 e. The number of halogens is 3. The van der Waals surface area contributed by atoms with Crippen LogP contribution in [0.15, 0.2) is 24.3 Å². The maximum atomic E-state index is 6.04. The molecule has 4 heteroatoms. The number of thiophene rings is 1. The molecular weight excluding hydrogens is 339 g/mol. The van der Waals surface area contributed by atoms with Crippen molar-refractivity contribution < 1.29 is 0 Å². The van der Waals surface area contributed by atoms with Crippen LogP contribution in [0.2, 0.25) is 10.0 Å². The van der Waals surface area contributed by atoms with Crippen molar-refractivity contribution in [2.45, 2.75) is 18.7 Å². The molecule has 0 N–H and O–H groups in total. The van der Waals surface area contributed by atoms with Gasteiger partial charge < -0.3 is 0 Å². The number of alkyl halides is 1. The number of hydrogen-bond donors (Lipinski definition) is 0. The molecule has 0 saturated carbocycles. The van der Waals surface area contributed by atoms with Crippen LogP contribution in [0.3, 0.4) is 0 Å². The van der Waals surface area contributed by atoms with E-state index in [4.69, 9.17) is 23.2 Å². The molecule has 0 bridgehead atoms. The van der Waals surface area contributed by atoms with Crippen molar-refractivity contribution >= 4 is 50.5 Å². The molecule has 1 unspecified atom stereocenters. The third-order valence-corrected chi connectivity index (χ3v) is 5.33. The van der Waals surface area contributed by atoms with E-state index >= 15 is 0 Å². The third kappa shape index (κ3) is 2.87. The number of aryl methyl sites for hydroxylation is 2. The molecule has 0 radical (unpaired) electrons. The molecular formula is C13H11BrCl2S. The van der Waals surface area contributed by atoms with E-state index in [0.29, 0.717) is 10.0 Å². The van der Waals surface area contributed by atoms with Crippen LogP contribution in [0.1, 0.15) is 25.7 Å². The summed E-state index contributed by atoms with van der Waals surface area (Å²) >= 11 is 17.5. The van der Waals surface area contributed by atoms with Crippen LogP contribution in [0.4, 0.5) is 0 Å². The summed E-state index contributed by atoms with van der Waals surface area (Å²) in [6.07, 6.45) is 0. The molecule has 0 amide bonds. The number of benzene rings is 1. The highest BCUT2D eigenvalue weighted by Crippen LogP contribution is 2.38. The summed E-state index contributed by atoms with van der Waals surface area (Å²) in [5, 5.41) is 1.19. The lowest BCUT2D eigenvalue weighted by Crippen LogP contribution is -1.92. The Morgan fingerprint density at radius 1 is 1.12 bits per heavy atom. The molecule has 0 spiro atoms. The van der Waals surface area contributed by atoms with E-state index in [-0.39, 0.29) is 4.83 Å². The van der Waals surface area contributed by atoms with Gasteiger partial charge in [0.15, 0.2) is 0 Å². The van der Waals surface area contributed by atoms with Crippen LogP contribution in [0.25, 0.3) is 0 Å². The minimum atomic E-state index is 0.169. The second kappa shape index (κ2) is 5.31. The lowest BCUT2D eigenvalue weighted by Gasteiger charge is -2.11. The molecule has 1 atom stereocenters. The zero-order valence-corrected chi connectivity index (χ0v) is 13.3. The van der Waals surface area contributed by atoms with E-state index < -0.39 is 0 Å². The van der Waals surface area contributed by atoms with Crippen molar-refractivity contribution in [3.8, 4) is 0 Å². The summed E-state index contributed by atoms with van der Waals surface area (Å²) in [5.41, 5.74) is 2.42. The minimum Gasteiger partial charge on any atom is -0.146 e. The lowest BCUT2D eigenvalue weighted by molar-refractivity contribution is 1.17. The van der Waals surface area contributed by atoms with E-state index in [0.717, 1.165) is 5.56 Å². The van der Waals surface area contributed by atoms with Gasteiger partial charge in [-0.25, -0.2) is 0 Å². The molecule has 2 aromatic rings. The molecule has 0 aliphatic carbocycles. The maximum Gasteiger partial charge on any atom is 0.0655 e. The van der Waals surface area contributed by atoms with Gasteiger partial charge in [-0.3, -0.25) is 0 Å². The SMILES string of the molecule is Cc1cc(C(Br)c2ccc(Cl)c(Cl)c2)c(C)s1. The maximum absolute atomic E-state index is 6.04. The van der Waals surface area contributed by atoms with E-state index in [9.17, 15) is 0 Å². The molecule has 0 nitrogen and oxygen atoms in total. The molecule has 1 aromatic carbocycles. The molecule has 0 fully saturated rings. The van der Waals surface area contributed by atoms with Gasteiger partial charge in [0, 0.05) is 9.75 Å². The molecule has 2 rings (SSSR count). The van der Waals surface area contributed by atoms with Gasteiger partial charge in [0.25, 0.3) is 0 Å². The van der Waals surface area contributed by atoms with E-state index in [1.165, 1.54) is 15.3 Å². The Morgan fingerprint density at radius 3 is 2.35 bits per heavy atom. The zero-order valence-electron chi connectivity index (χ0n) is 9.43. The van der Waals surface area contributed by atoms with Crippen molar-refractivity contribution in [3.63, 3.8) is 0 Å². The Bertz CT molecular complexity index is 548. The van der Waals surface area contributed by atoms with Gasteiger partial charge in [0.1, 0.15) is 0 Å². The van der Waals surface area contributed by atoms with Gasteiger partial charge in [-0.2, -0.15) is 0 Å². The number of rotatable bonds is 2. The summed E-state index contributed by atoms with van der Waals surface area (Å²) in [6, 6.07) is 7.96. The highest BCUT2D eigenvalue weighted by molar-refractivity contribution is 9.09. The highest BCUT2D eigenvalue weighted by Gasteiger charge is 2.15. The summed E-state index contributed by atoms with van der Waals surface area (Å²) in [6.45, 7) is 4.26. The quantitative estimate of drug-likeness (QED) is 0.570. The predicted octanol–water partition coefficient (Wildman–Crippen LogP) is 6.16. The van der Waals surface area contributed by atoms with Crippen LogP contribution in [0.5, 0.6) is 0 Å². The van der Waals surface area contributed by atoms with Gasteiger partial charge in [0.05, 0.1) is 14.9 Å². The van der Waals surface area contributed by atoms with Gasteiger partial charge in [-0.1, -0.05) is 45.2 Å². The predicted molar refractivity (Wildman–Crippen MR) is 81.0 cm³/mol. The van der Waals surface area contributed by atoms with Crippen LogP contribution >= 0.6 is 50.5 Å². The molecule has 17 heavy (non-hydrogen) atoms. The molecule has 0 aliphatic rings. The fraction of sp³-hybridized carbons (Fsp3) is 0.231. The van der Waals surface area contributed by atoms with Crippen LogP contribution in [-0.4, -0.2) is 0 Å². The van der Waals surface area contributed by atoms with Crippen molar-refractivity contribution in [2.24, 2.45) is 0 Å². The molecule has 90 valence electrons. The Labute approximate surface area is 124 Å². The molecule has 1 heterocycles. The van der Waals surface area contributed by atoms with Crippen molar-refractivity contribution in [3.05, 3.63) is 55.2 Å². The fourth-order valence-corrected chi connectivity index (χ4v) is 3.93. The third-order valence-electron chi connectivity index (χ3n) is 2.59. The smallest absolute Gasteiger partial charge is 0.0655 e. The summed E-state index contributed by atoms with van der Waals surface area (Å²) < 4.78 is 0. The first-order chi connectivity index (χ1) is 7.99.